The molecule has 1 saturated heterocycles. The van der Waals surface area contributed by atoms with Gasteiger partial charge >= 0.3 is 6.03 Å². The van der Waals surface area contributed by atoms with E-state index in [0.29, 0.717) is 18.1 Å². The average Bonchev–Trinajstić information content (AvgIpc) is 3.31. The Morgan fingerprint density at radius 1 is 1.09 bits per heavy atom. The Morgan fingerprint density at radius 2 is 1.91 bits per heavy atom. The van der Waals surface area contributed by atoms with Crippen molar-refractivity contribution in [2.24, 2.45) is 0 Å². The lowest BCUT2D eigenvalue weighted by molar-refractivity contribution is 0.102. The lowest BCUT2D eigenvalue weighted by Crippen LogP contribution is -2.41. The first-order valence-electron chi connectivity index (χ1n) is 10.4. The molecule has 1 aromatic heterocycles. The fourth-order valence-electron chi connectivity index (χ4n) is 3.58. The number of carbonyl (C=O) groups excluding carboxylic acids is 2. The van der Waals surface area contributed by atoms with Gasteiger partial charge in [0.2, 0.25) is 5.01 Å². The number of thioether (sulfide) groups is 1. The molecule has 3 amide bonds. The zero-order valence-electron chi connectivity index (χ0n) is 18.0. The summed E-state index contributed by atoms with van der Waals surface area (Å²) >= 11 is 2.93. The van der Waals surface area contributed by atoms with E-state index in [0.717, 1.165) is 39.7 Å². The highest BCUT2D eigenvalue weighted by Crippen LogP contribution is 2.30. The summed E-state index contributed by atoms with van der Waals surface area (Å²) in [6.07, 6.45) is 3.81. The molecule has 1 aliphatic heterocycles. The van der Waals surface area contributed by atoms with Gasteiger partial charge in [-0.3, -0.25) is 4.79 Å². The van der Waals surface area contributed by atoms with E-state index in [9.17, 15) is 9.59 Å². The van der Waals surface area contributed by atoms with E-state index < -0.39 is 0 Å². The van der Waals surface area contributed by atoms with E-state index in [1.807, 2.05) is 66.6 Å². The van der Waals surface area contributed by atoms with Crippen LogP contribution < -0.4 is 10.6 Å². The smallest absolute Gasteiger partial charge is 0.321 e. The van der Waals surface area contributed by atoms with Gasteiger partial charge in [0.1, 0.15) is 5.01 Å². The van der Waals surface area contributed by atoms with Crippen LogP contribution in [0.3, 0.4) is 0 Å². The Morgan fingerprint density at radius 3 is 2.69 bits per heavy atom. The summed E-state index contributed by atoms with van der Waals surface area (Å²) in [6.45, 7) is 3.25. The normalized spacial score (nSPS) is 15.9. The lowest BCUT2D eigenvalue weighted by Gasteiger charge is -2.31. The summed E-state index contributed by atoms with van der Waals surface area (Å²) in [5.74, 6) is -0.192. The first-order valence-corrected chi connectivity index (χ1v) is 12.5. The molecule has 2 heterocycles. The fourth-order valence-corrected chi connectivity index (χ4v) is 4.90. The first-order chi connectivity index (χ1) is 15.5. The molecular formula is C23H25N5O2S2. The number of amides is 3. The Hall–Kier alpha value is -2.91. The fraction of sp³-hybridized carbons (Fsp3) is 0.304. The molecule has 1 aliphatic rings. The van der Waals surface area contributed by atoms with Gasteiger partial charge in [-0.2, -0.15) is 0 Å². The molecule has 9 heteroatoms. The number of piperidine rings is 1. The summed E-state index contributed by atoms with van der Waals surface area (Å²) in [7, 11) is 0. The average molecular weight is 468 g/mol. The van der Waals surface area contributed by atoms with Crippen molar-refractivity contribution in [1.29, 1.82) is 0 Å². The number of hydrogen-bond acceptors (Lipinski definition) is 6. The minimum atomic E-state index is -0.267. The highest BCUT2D eigenvalue weighted by Gasteiger charge is 2.28. The Balaban J connectivity index is 1.38. The first kappa shape index (κ1) is 22.3. The van der Waals surface area contributed by atoms with Gasteiger partial charge in [-0.1, -0.05) is 35.1 Å². The van der Waals surface area contributed by atoms with Crippen LogP contribution in [0.15, 0.2) is 53.4 Å². The Labute approximate surface area is 195 Å². The van der Waals surface area contributed by atoms with Gasteiger partial charge in [0.05, 0.1) is 0 Å². The third-order valence-corrected chi connectivity index (χ3v) is 7.13. The van der Waals surface area contributed by atoms with Gasteiger partial charge in [-0.25, -0.2) is 4.79 Å². The molecule has 4 rings (SSSR count). The summed E-state index contributed by atoms with van der Waals surface area (Å²) in [5, 5.41) is 15.3. The summed E-state index contributed by atoms with van der Waals surface area (Å²) in [4.78, 5) is 28.3. The van der Waals surface area contributed by atoms with Gasteiger partial charge in [-0.05, 0) is 56.4 Å². The standard InChI is InChI=1S/C23H25N5O2S2/c1-15-8-10-17(11-9-15)24-20(29)22-27-26-21(32-22)16-5-4-12-28(14-16)23(30)25-18-6-3-7-19(13-18)31-2/h3,6-11,13,16H,4-5,12,14H2,1-2H3,(H,24,29)(H,25,30). The van der Waals surface area contributed by atoms with Gasteiger partial charge in [-0.15, -0.1) is 22.0 Å². The third-order valence-electron chi connectivity index (χ3n) is 5.32. The van der Waals surface area contributed by atoms with E-state index in [2.05, 4.69) is 20.8 Å². The molecule has 1 fully saturated rings. The number of urea groups is 1. The number of nitrogens with one attached hydrogen (secondary N) is 2. The topological polar surface area (TPSA) is 87.2 Å². The van der Waals surface area contributed by atoms with Gasteiger partial charge in [0, 0.05) is 35.3 Å². The second-order valence-corrected chi connectivity index (χ2v) is 9.60. The Bertz CT molecular complexity index is 1100. The number of nitrogens with zero attached hydrogens (tertiary/aromatic N) is 3. The molecule has 0 saturated carbocycles. The van der Waals surface area contributed by atoms with E-state index in [1.54, 1.807) is 11.8 Å². The predicted octanol–water partition coefficient (Wildman–Crippen LogP) is 5.23. The minimum Gasteiger partial charge on any atom is -0.324 e. The number of anilines is 2. The number of likely N-dealkylation sites (tertiary alicyclic amines) is 1. The van der Waals surface area contributed by atoms with Crippen LogP contribution in [-0.4, -0.2) is 46.4 Å². The summed E-state index contributed by atoms with van der Waals surface area (Å²) < 4.78 is 0. The number of aryl methyl sites for hydroxylation is 1. The van der Waals surface area contributed by atoms with Gasteiger partial charge < -0.3 is 15.5 Å². The maximum Gasteiger partial charge on any atom is 0.321 e. The number of hydrogen-bond donors (Lipinski definition) is 2. The van der Waals surface area contributed by atoms with E-state index in [4.69, 9.17) is 0 Å². The molecule has 0 spiro atoms. The molecule has 3 aromatic rings. The summed E-state index contributed by atoms with van der Waals surface area (Å²) in [5.41, 5.74) is 2.64. The van der Waals surface area contributed by atoms with Crippen LogP contribution in [0.1, 0.15) is 39.1 Å². The van der Waals surface area contributed by atoms with E-state index in [1.165, 1.54) is 11.3 Å². The van der Waals surface area contributed by atoms with Crippen LogP contribution in [0.5, 0.6) is 0 Å². The number of aromatic nitrogens is 2. The molecule has 1 atom stereocenters. The maximum absolute atomic E-state index is 12.8. The molecular weight excluding hydrogens is 442 g/mol. The van der Waals surface area contributed by atoms with E-state index >= 15 is 0 Å². The molecule has 166 valence electrons. The maximum atomic E-state index is 12.8. The lowest BCUT2D eigenvalue weighted by atomic mass is 9.99. The SMILES string of the molecule is CSc1cccc(NC(=O)N2CCCC(c3nnc(C(=O)Nc4ccc(C)cc4)s3)C2)c1. The third kappa shape index (κ3) is 5.46. The molecule has 0 aliphatic carbocycles. The number of benzene rings is 2. The van der Waals surface area contributed by atoms with E-state index in [-0.39, 0.29) is 17.9 Å². The summed E-state index contributed by atoms with van der Waals surface area (Å²) in [6, 6.07) is 15.3. The van der Waals surface area contributed by atoms with Gasteiger partial charge in [0.25, 0.3) is 5.91 Å². The second kappa shape index (κ2) is 10.1. The highest BCUT2D eigenvalue weighted by atomic mass is 32.2. The van der Waals surface area contributed by atoms with Crippen molar-refractivity contribution in [3.05, 3.63) is 64.1 Å². The number of carbonyl (C=O) groups is 2. The highest BCUT2D eigenvalue weighted by molar-refractivity contribution is 7.98. The number of rotatable bonds is 5. The zero-order valence-corrected chi connectivity index (χ0v) is 19.6. The van der Waals surface area contributed by atoms with Crippen molar-refractivity contribution in [2.45, 2.75) is 30.6 Å². The zero-order chi connectivity index (χ0) is 22.5. The molecule has 0 bridgehead atoms. The molecule has 2 aromatic carbocycles. The van der Waals surface area contributed by atoms with Crippen LogP contribution in [0.25, 0.3) is 0 Å². The van der Waals surface area contributed by atoms with Crippen molar-refractivity contribution >= 4 is 46.4 Å². The molecule has 0 radical (unpaired) electrons. The van der Waals surface area contributed by atoms with Crippen molar-refractivity contribution in [3.8, 4) is 0 Å². The van der Waals surface area contributed by atoms with Crippen LogP contribution in [0, 0.1) is 6.92 Å². The van der Waals surface area contributed by atoms with Crippen molar-refractivity contribution in [3.63, 3.8) is 0 Å². The molecule has 7 nitrogen and oxygen atoms in total. The van der Waals surface area contributed by atoms with Crippen LogP contribution in [0.4, 0.5) is 16.2 Å². The van der Waals surface area contributed by atoms with Crippen molar-refractivity contribution < 1.29 is 9.59 Å². The monoisotopic (exact) mass is 467 g/mol. The van der Waals surface area contributed by atoms with Crippen LogP contribution in [0.2, 0.25) is 0 Å². The minimum absolute atomic E-state index is 0.0745. The van der Waals surface area contributed by atoms with Crippen LogP contribution >= 0.6 is 23.1 Å². The quantitative estimate of drug-likeness (QED) is 0.502. The molecule has 2 N–H and O–H groups in total. The molecule has 1 unspecified atom stereocenters. The largest absolute Gasteiger partial charge is 0.324 e. The van der Waals surface area contributed by atoms with Crippen molar-refractivity contribution in [1.82, 2.24) is 15.1 Å². The Kier molecular flexibility index (Phi) is 7.06. The molecule has 32 heavy (non-hydrogen) atoms. The van der Waals surface area contributed by atoms with Crippen molar-refractivity contribution in [2.75, 3.05) is 30.0 Å². The predicted molar refractivity (Wildman–Crippen MR) is 130 cm³/mol. The van der Waals surface area contributed by atoms with Gasteiger partial charge in [0.15, 0.2) is 0 Å². The second-order valence-electron chi connectivity index (χ2n) is 7.71. The van der Waals surface area contributed by atoms with Crippen LogP contribution in [-0.2, 0) is 0 Å².